The fraction of sp³-hybridized carbons (Fsp3) is 0.0667. The second kappa shape index (κ2) is 6.03. The summed E-state index contributed by atoms with van der Waals surface area (Å²) < 4.78 is 5.17. The number of halogens is 1. The van der Waals surface area contributed by atoms with Crippen molar-refractivity contribution in [1.29, 1.82) is 5.26 Å². The molecular formula is C15H10ClNO2. The minimum Gasteiger partial charge on any atom is -0.426 e. The maximum absolute atomic E-state index is 11.7. The van der Waals surface area contributed by atoms with E-state index in [1.54, 1.807) is 42.5 Å². The van der Waals surface area contributed by atoms with Gasteiger partial charge in [-0.1, -0.05) is 35.9 Å². The van der Waals surface area contributed by atoms with Crippen LogP contribution in [0, 0.1) is 11.3 Å². The molecule has 0 saturated carbocycles. The number of nitrogens with zero attached hydrogens (tertiary/aromatic N) is 1. The van der Waals surface area contributed by atoms with Crippen LogP contribution < -0.4 is 4.74 Å². The summed E-state index contributed by atoms with van der Waals surface area (Å²) in [6, 6.07) is 15.7. The minimum absolute atomic E-state index is 0.111. The van der Waals surface area contributed by atoms with Crippen LogP contribution in [-0.2, 0) is 11.2 Å². The lowest BCUT2D eigenvalue weighted by atomic mass is 10.1. The van der Waals surface area contributed by atoms with Gasteiger partial charge in [0, 0.05) is 0 Å². The number of esters is 1. The van der Waals surface area contributed by atoms with E-state index in [1.165, 1.54) is 0 Å². The number of carbonyl (C=O) groups excluding carboxylic acids is 1. The van der Waals surface area contributed by atoms with Crippen molar-refractivity contribution in [3.63, 3.8) is 0 Å². The summed E-state index contributed by atoms with van der Waals surface area (Å²) in [7, 11) is 0. The third-order valence-corrected chi connectivity index (χ3v) is 2.79. The van der Waals surface area contributed by atoms with E-state index in [1.807, 2.05) is 12.1 Å². The number of hydrogen-bond donors (Lipinski definition) is 0. The third kappa shape index (κ3) is 3.57. The van der Waals surface area contributed by atoms with E-state index in [2.05, 4.69) is 0 Å². The van der Waals surface area contributed by atoms with Crippen LogP contribution in [0.2, 0.25) is 5.02 Å². The molecular weight excluding hydrogens is 262 g/mol. The minimum atomic E-state index is -0.369. The molecule has 0 amide bonds. The summed E-state index contributed by atoms with van der Waals surface area (Å²) in [5.74, 6) is 0.138. The first kappa shape index (κ1) is 13.1. The predicted octanol–water partition coefficient (Wildman–Crippen LogP) is 3.36. The van der Waals surface area contributed by atoms with Crippen LogP contribution in [-0.4, -0.2) is 5.97 Å². The molecule has 4 heteroatoms. The molecule has 0 aliphatic heterocycles. The molecule has 0 aliphatic rings. The Morgan fingerprint density at radius 3 is 2.58 bits per heavy atom. The van der Waals surface area contributed by atoms with Gasteiger partial charge in [0.25, 0.3) is 0 Å². The summed E-state index contributed by atoms with van der Waals surface area (Å²) in [5, 5.41) is 9.10. The lowest BCUT2D eigenvalue weighted by Crippen LogP contribution is -2.11. The lowest BCUT2D eigenvalue weighted by Gasteiger charge is -2.05. The van der Waals surface area contributed by atoms with E-state index in [-0.39, 0.29) is 12.4 Å². The molecule has 2 rings (SSSR count). The lowest BCUT2D eigenvalue weighted by molar-refractivity contribution is -0.133. The first-order valence-electron chi connectivity index (χ1n) is 5.63. The van der Waals surface area contributed by atoms with Crippen LogP contribution >= 0.6 is 11.6 Å². The third-order valence-electron chi connectivity index (χ3n) is 2.48. The average molecular weight is 272 g/mol. The van der Waals surface area contributed by atoms with Gasteiger partial charge in [0.2, 0.25) is 0 Å². The van der Waals surface area contributed by atoms with E-state index in [9.17, 15) is 4.79 Å². The van der Waals surface area contributed by atoms with Crippen molar-refractivity contribution in [3.8, 4) is 11.8 Å². The van der Waals surface area contributed by atoms with Gasteiger partial charge in [-0.2, -0.15) is 5.26 Å². The fourth-order valence-electron chi connectivity index (χ4n) is 1.58. The van der Waals surface area contributed by atoms with Gasteiger partial charge < -0.3 is 4.74 Å². The van der Waals surface area contributed by atoms with E-state index in [0.29, 0.717) is 21.9 Å². The topological polar surface area (TPSA) is 50.1 Å². The van der Waals surface area contributed by atoms with Gasteiger partial charge in [0.05, 0.1) is 17.0 Å². The Bertz CT molecular complexity index is 632. The Labute approximate surface area is 116 Å². The Balaban J connectivity index is 2.04. The van der Waals surface area contributed by atoms with E-state index in [4.69, 9.17) is 21.6 Å². The Kier molecular flexibility index (Phi) is 4.17. The molecule has 2 aromatic carbocycles. The molecule has 2 aromatic rings. The van der Waals surface area contributed by atoms with E-state index >= 15 is 0 Å². The quantitative estimate of drug-likeness (QED) is 0.635. The Morgan fingerprint density at radius 2 is 1.95 bits per heavy atom. The highest BCUT2D eigenvalue weighted by atomic mass is 35.5. The summed E-state index contributed by atoms with van der Waals surface area (Å²) in [5.41, 5.74) is 1.10. The van der Waals surface area contributed by atoms with Crippen LogP contribution in [0.25, 0.3) is 0 Å². The molecule has 0 bridgehead atoms. The van der Waals surface area contributed by atoms with Crippen LogP contribution in [0.4, 0.5) is 0 Å². The number of nitriles is 1. The molecule has 3 nitrogen and oxygen atoms in total. The smallest absolute Gasteiger partial charge is 0.315 e. The highest BCUT2D eigenvalue weighted by Gasteiger charge is 2.08. The zero-order chi connectivity index (χ0) is 13.7. The van der Waals surface area contributed by atoms with Gasteiger partial charge in [-0.15, -0.1) is 0 Å². The SMILES string of the molecule is N#Cc1ccc(CC(=O)Oc2ccccc2)cc1Cl. The highest BCUT2D eigenvalue weighted by Crippen LogP contribution is 2.18. The van der Waals surface area contributed by atoms with Crippen molar-refractivity contribution in [2.75, 3.05) is 0 Å². The molecule has 0 N–H and O–H groups in total. The monoisotopic (exact) mass is 271 g/mol. The average Bonchev–Trinajstić information content (AvgIpc) is 2.40. The fourth-order valence-corrected chi connectivity index (χ4v) is 1.83. The van der Waals surface area contributed by atoms with Crippen LogP contribution in [0.1, 0.15) is 11.1 Å². The second-order valence-electron chi connectivity index (χ2n) is 3.89. The summed E-state index contributed by atoms with van der Waals surface area (Å²) in [6.45, 7) is 0. The van der Waals surface area contributed by atoms with Crippen LogP contribution in [0.3, 0.4) is 0 Å². The van der Waals surface area contributed by atoms with Gasteiger partial charge in [0.1, 0.15) is 11.8 Å². The molecule has 94 valence electrons. The maximum Gasteiger partial charge on any atom is 0.315 e. The second-order valence-corrected chi connectivity index (χ2v) is 4.30. The van der Waals surface area contributed by atoms with Crippen molar-refractivity contribution in [1.82, 2.24) is 0 Å². The first-order chi connectivity index (χ1) is 9.19. The summed E-state index contributed by atoms with van der Waals surface area (Å²) in [6.07, 6.45) is 0.111. The Hall–Kier alpha value is -2.31. The van der Waals surface area contributed by atoms with Crippen molar-refractivity contribution < 1.29 is 9.53 Å². The predicted molar refractivity (Wildman–Crippen MR) is 71.9 cm³/mol. The van der Waals surface area contributed by atoms with Gasteiger partial charge in [-0.3, -0.25) is 4.79 Å². The number of ether oxygens (including phenoxy) is 1. The molecule has 0 radical (unpaired) electrons. The summed E-state index contributed by atoms with van der Waals surface area (Å²) >= 11 is 5.90. The summed E-state index contributed by atoms with van der Waals surface area (Å²) in [4.78, 5) is 11.7. The van der Waals surface area contributed by atoms with Gasteiger partial charge in [0.15, 0.2) is 0 Å². The molecule has 0 unspecified atom stereocenters. The largest absolute Gasteiger partial charge is 0.426 e. The number of hydrogen-bond acceptors (Lipinski definition) is 3. The first-order valence-corrected chi connectivity index (χ1v) is 6.01. The molecule has 0 spiro atoms. The van der Waals surface area contributed by atoms with E-state index in [0.717, 1.165) is 0 Å². The molecule has 0 saturated heterocycles. The molecule has 0 aromatic heterocycles. The zero-order valence-electron chi connectivity index (χ0n) is 9.97. The normalized spacial score (nSPS) is 9.68. The van der Waals surface area contributed by atoms with Crippen molar-refractivity contribution in [3.05, 3.63) is 64.7 Å². The standard InChI is InChI=1S/C15H10ClNO2/c16-14-8-11(6-7-12(14)10-17)9-15(18)19-13-4-2-1-3-5-13/h1-8H,9H2. The molecule has 0 atom stereocenters. The highest BCUT2D eigenvalue weighted by molar-refractivity contribution is 6.31. The zero-order valence-corrected chi connectivity index (χ0v) is 10.7. The molecule has 0 heterocycles. The van der Waals surface area contributed by atoms with Crippen LogP contribution in [0.15, 0.2) is 48.5 Å². The van der Waals surface area contributed by atoms with Crippen LogP contribution in [0.5, 0.6) is 5.75 Å². The molecule has 0 aliphatic carbocycles. The number of rotatable bonds is 3. The molecule has 0 fully saturated rings. The van der Waals surface area contributed by atoms with Gasteiger partial charge in [-0.05, 0) is 29.8 Å². The van der Waals surface area contributed by atoms with Gasteiger partial charge in [-0.25, -0.2) is 0 Å². The van der Waals surface area contributed by atoms with E-state index < -0.39 is 0 Å². The Morgan fingerprint density at radius 1 is 1.21 bits per heavy atom. The number of para-hydroxylation sites is 1. The number of benzene rings is 2. The van der Waals surface area contributed by atoms with Crippen molar-refractivity contribution in [2.24, 2.45) is 0 Å². The van der Waals surface area contributed by atoms with Gasteiger partial charge >= 0.3 is 5.97 Å². The molecule has 19 heavy (non-hydrogen) atoms. The van der Waals surface area contributed by atoms with Crippen molar-refractivity contribution >= 4 is 17.6 Å². The number of carbonyl (C=O) groups is 1. The maximum atomic E-state index is 11.7. The van der Waals surface area contributed by atoms with Crippen molar-refractivity contribution in [2.45, 2.75) is 6.42 Å².